The molecule has 0 heterocycles. The first kappa shape index (κ1) is 22.2. The van der Waals surface area contributed by atoms with Gasteiger partial charge in [0.25, 0.3) is 11.8 Å². The number of esters is 1. The summed E-state index contributed by atoms with van der Waals surface area (Å²) in [5, 5.41) is 7.13. The second-order valence-corrected chi connectivity index (χ2v) is 6.24. The number of benzene rings is 1. The highest BCUT2D eigenvalue weighted by atomic mass is 35.5. The van der Waals surface area contributed by atoms with Gasteiger partial charge in [0.15, 0.2) is 6.61 Å². The summed E-state index contributed by atoms with van der Waals surface area (Å²) in [4.78, 5) is 47.5. The van der Waals surface area contributed by atoms with Gasteiger partial charge in [-0.15, -0.1) is 6.58 Å². The quantitative estimate of drug-likeness (QED) is 0.457. The first-order valence-corrected chi connectivity index (χ1v) is 8.54. The molecule has 1 rings (SSSR count). The Bertz CT molecular complexity index is 721. The second-order valence-electron chi connectivity index (χ2n) is 5.83. The third-order valence-electron chi connectivity index (χ3n) is 3.33. The van der Waals surface area contributed by atoms with Crippen molar-refractivity contribution in [2.45, 2.75) is 19.9 Å². The highest BCUT2D eigenvalue weighted by Gasteiger charge is 2.27. The number of nitrogens with one attached hydrogen (secondary N) is 3. The van der Waals surface area contributed by atoms with Gasteiger partial charge >= 0.3 is 12.0 Å². The summed E-state index contributed by atoms with van der Waals surface area (Å²) in [5.41, 5.74) is 0.217. The van der Waals surface area contributed by atoms with Crippen molar-refractivity contribution in [3.63, 3.8) is 0 Å². The molecule has 0 aliphatic carbocycles. The minimum Gasteiger partial charge on any atom is -0.454 e. The number of ether oxygens (including phenoxy) is 1. The van der Waals surface area contributed by atoms with Gasteiger partial charge in [-0.3, -0.25) is 14.9 Å². The predicted octanol–water partition coefficient (Wildman–Crippen LogP) is 1.65. The first-order valence-electron chi connectivity index (χ1n) is 8.16. The van der Waals surface area contributed by atoms with Crippen molar-refractivity contribution in [2.24, 2.45) is 5.92 Å². The molecule has 9 heteroatoms. The molecule has 0 aromatic heterocycles. The van der Waals surface area contributed by atoms with E-state index in [2.05, 4.69) is 17.2 Å². The maximum Gasteiger partial charge on any atom is 0.329 e. The molecule has 1 aromatic carbocycles. The first-order chi connectivity index (χ1) is 12.8. The number of amides is 4. The van der Waals surface area contributed by atoms with Gasteiger partial charge in [-0.2, -0.15) is 0 Å². The molecule has 1 atom stereocenters. The highest BCUT2D eigenvalue weighted by Crippen LogP contribution is 2.15. The molecule has 27 heavy (non-hydrogen) atoms. The van der Waals surface area contributed by atoms with Gasteiger partial charge in [-0.25, -0.2) is 9.59 Å². The largest absolute Gasteiger partial charge is 0.454 e. The Morgan fingerprint density at radius 2 is 1.89 bits per heavy atom. The molecule has 4 amide bonds. The zero-order chi connectivity index (χ0) is 20.4. The number of hydrogen-bond donors (Lipinski definition) is 3. The van der Waals surface area contributed by atoms with E-state index in [-0.39, 0.29) is 23.0 Å². The normalized spacial score (nSPS) is 11.3. The smallest absolute Gasteiger partial charge is 0.329 e. The Morgan fingerprint density at radius 1 is 1.22 bits per heavy atom. The van der Waals surface area contributed by atoms with Crippen LogP contribution in [0.15, 0.2) is 36.9 Å². The number of carbonyl (C=O) groups excluding carboxylic acids is 4. The van der Waals surface area contributed by atoms with E-state index >= 15 is 0 Å². The van der Waals surface area contributed by atoms with Crippen LogP contribution >= 0.6 is 11.6 Å². The second kappa shape index (κ2) is 11.0. The lowest BCUT2D eigenvalue weighted by Crippen LogP contribution is -2.47. The average molecular weight is 396 g/mol. The number of carbonyl (C=O) groups is 4. The molecule has 3 N–H and O–H groups in total. The van der Waals surface area contributed by atoms with Crippen molar-refractivity contribution in [3.8, 4) is 0 Å². The fourth-order valence-electron chi connectivity index (χ4n) is 1.96. The van der Waals surface area contributed by atoms with Crippen LogP contribution in [0.2, 0.25) is 5.02 Å². The van der Waals surface area contributed by atoms with Crippen molar-refractivity contribution >= 4 is 35.4 Å². The molecule has 0 fully saturated rings. The Labute approximate surface area is 162 Å². The molecule has 0 saturated heterocycles. The molecule has 8 nitrogen and oxygen atoms in total. The van der Waals surface area contributed by atoms with E-state index in [9.17, 15) is 19.2 Å². The lowest BCUT2D eigenvalue weighted by molar-refractivity contribution is -0.151. The van der Waals surface area contributed by atoms with Crippen LogP contribution in [0, 0.1) is 5.92 Å². The highest BCUT2D eigenvalue weighted by molar-refractivity contribution is 6.33. The van der Waals surface area contributed by atoms with Crippen LogP contribution in [0.5, 0.6) is 0 Å². The van der Waals surface area contributed by atoms with Gasteiger partial charge in [0.1, 0.15) is 6.04 Å². The molecule has 0 aliphatic heterocycles. The van der Waals surface area contributed by atoms with Crippen molar-refractivity contribution in [3.05, 3.63) is 47.5 Å². The molecule has 0 radical (unpaired) electrons. The van der Waals surface area contributed by atoms with Gasteiger partial charge in [0.05, 0.1) is 10.6 Å². The van der Waals surface area contributed by atoms with E-state index in [1.807, 2.05) is 5.32 Å². The number of imide groups is 1. The Balaban J connectivity index is 2.62. The maximum absolute atomic E-state index is 12.3. The van der Waals surface area contributed by atoms with Crippen LogP contribution in [0.25, 0.3) is 0 Å². The van der Waals surface area contributed by atoms with Crippen LogP contribution < -0.4 is 16.0 Å². The van der Waals surface area contributed by atoms with Crippen LogP contribution in [0.4, 0.5) is 4.79 Å². The zero-order valence-electron chi connectivity index (χ0n) is 15.1. The topological polar surface area (TPSA) is 114 Å². The molecule has 0 aliphatic rings. The van der Waals surface area contributed by atoms with Crippen molar-refractivity contribution in [1.82, 2.24) is 16.0 Å². The molecule has 0 bridgehead atoms. The standard InChI is InChI=1S/C18H22ClN3O5/c1-4-9-20-18(26)21-14(23)10-27-17(25)15(11(2)3)22-16(24)12-7-5-6-8-13(12)19/h4-8,11,15H,1,9-10H2,2-3H3,(H,22,24)(H2,20,21,23,26)/t15-/m0/s1. The number of halogens is 1. The van der Waals surface area contributed by atoms with Crippen molar-refractivity contribution < 1.29 is 23.9 Å². The fourth-order valence-corrected chi connectivity index (χ4v) is 2.18. The molecular formula is C18H22ClN3O5. The van der Waals surface area contributed by atoms with Crippen LogP contribution in [0.1, 0.15) is 24.2 Å². The van der Waals surface area contributed by atoms with Gasteiger partial charge < -0.3 is 15.4 Å². The molecular weight excluding hydrogens is 374 g/mol. The van der Waals surface area contributed by atoms with E-state index in [1.54, 1.807) is 32.0 Å². The van der Waals surface area contributed by atoms with Crippen molar-refractivity contribution in [2.75, 3.05) is 13.2 Å². The van der Waals surface area contributed by atoms with Crippen LogP contribution in [0.3, 0.4) is 0 Å². The molecule has 0 unspecified atom stereocenters. The van der Waals surface area contributed by atoms with Crippen LogP contribution in [-0.2, 0) is 14.3 Å². The zero-order valence-corrected chi connectivity index (χ0v) is 15.8. The number of hydrogen-bond acceptors (Lipinski definition) is 5. The Morgan fingerprint density at radius 3 is 2.48 bits per heavy atom. The minimum atomic E-state index is -0.990. The van der Waals surface area contributed by atoms with E-state index in [1.165, 1.54) is 12.1 Å². The SMILES string of the molecule is C=CCNC(=O)NC(=O)COC(=O)[C@@H](NC(=O)c1ccccc1Cl)C(C)C. The summed E-state index contributed by atoms with van der Waals surface area (Å²) < 4.78 is 4.90. The Kier molecular flexibility index (Phi) is 9.01. The summed E-state index contributed by atoms with van der Waals surface area (Å²) in [5.74, 6) is -2.44. The molecule has 146 valence electrons. The van der Waals surface area contributed by atoms with Gasteiger partial charge in [0.2, 0.25) is 0 Å². The third-order valence-corrected chi connectivity index (χ3v) is 3.66. The van der Waals surface area contributed by atoms with Gasteiger partial charge in [-0.05, 0) is 18.1 Å². The summed E-state index contributed by atoms with van der Waals surface area (Å²) >= 11 is 5.98. The van der Waals surface area contributed by atoms with Crippen molar-refractivity contribution in [1.29, 1.82) is 0 Å². The summed E-state index contributed by atoms with van der Waals surface area (Å²) in [6, 6.07) is 4.68. The fraction of sp³-hybridized carbons (Fsp3) is 0.333. The van der Waals surface area contributed by atoms with Gasteiger partial charge in [0, 0.05) is 6.54 Å². The Hall–Kier alpha value is -2.87. The maximum atomic E-state index is 12.3. The molecule has 0 saturated carbocycles. The summed E-state index contributed by atoms with van der Waals surface area (Å²) in [6.45, 7) is 6.36. The summed E-state index contributed by atoms with van der Waals surface area (Å²) in [7, 11) is 0. The number of urea groups is 1. The van der Waals surface area contributed by atoms with E-state index in [0.717, 1.165) is 0 Å². The average Bonchev–Trinajstić information content (AvgIpc) is 2.62. The van der Waals surface area contributed by atoms with E-state index in [4.69, 9.17) is 16.3 Å². The number of rotatable bonds is 8. The van der Waals surface area contributed by atoms with E-state index < -0.39 is 36.5 Å². The molecule has 0 spiro atoms. The van der Waals surface area contributed by atoms with Gasteiger partial charge in [-0.1, -0.05) is 43.7 Å². The summed E-state index contributed by atoms with van der Waals surface area (Å²) in [6.07, 6.45) is 1.44. The monoisotopic (exact) mass is 395 g/mol. The lowest BCUT2D eigenvalue weighted by Gasteiger charge is -2.21. The molecule has 1 aromatic rings. The van der Waals surface area contributed by atoms with Crippen LogP contribution in [-0.4, -0.2) is 43.0 Å². The third kappa shape index (κ3) is 7.49. The predicted molar refractivity (Wildman–Crippen MR) is 100 cm³/mol. The minimum absolute atomic E-state index is 0.183. The lowest BCUT2D eigenvalue weighted by atomic mass is 10.0. The van der Waals surface area contributed by atoms with E-state index in [0.29, 0.717) is 0 Å².